The van der Waals surface area contributed by atoms with E-state index in [1.807, 2.05) is 7.05 Å². The Balaban J connectivity index is 2.25. The molecule has 0 fully saturated rings. The quantitative estimate of drug-likeness (QED) is 0.896. The van der Waals surface area contributed by atoms with Gasteiger partial charge in [-0.15, -0.1) is 0 Å². The van der Waals surface area contributed by atoms with E-state index >= 15 is 0 Å². The Morgan fingerprint density at radius 3 is 2.47 bits per heavy atom. The standard InChI is InChI=1S/C13H14F3N3/c1-17-7-6-11-12(19-8-18-11)9-2-4-10(5-3-9)13(14,15)16/h2-5,8,17H,6-7H2,1H3,(H,18,19). The summed E-state index contributed by atoms with van der Waals surface area (Å²) in [5.74, 6) is 0. The lowest BCUT2D eigenvalue weighted by molar-refractivity contribution is -0.137. The predicted molar refractivity (Wildman–Crippen MR) is 66.7 cm³/mol. The minimum absolute atomic E-state index is 0.649. The lowest BCUT2D eigenvalue weighted by atomic mass is 10.1. The van der Waals surface area contributed by atoms with Gasteiger partial charge in [0.05, 0.1) is 17.6 Å². The fourth-order valence-corrected chi connectivity index (χ4v) is 1.83. The summed E-state index contributed by atoms with van der Waals surface area (Å²) < 4.78 is 37.4. The molecule has 6 heteroatoms. The Morgan fingerprint density at radius 2 is 1.89 bits per heavy atom. The third-order valence-corrected chi connectivity index (χ3v) is 2.83. The van der Waals surface area contributed by atoms with Crippen LogP contribution in [-0.4, -0.2) is 23.6 Å². The fraction of sp³-hybridized carbons (Fsp3) is 0.308. The molecule has 0 bridgehead atoms. The van der Waals surface area contributed by atoms with Crippen LogP contribution in [0.3, 0.4) is 0 Å². The topological polar surface area (TPSA) is 40.7 Å². The van der Waals surface area contributed by atoms with Gasteiger partial charge in [0.1, 0.15) is 0 Å². The van der Waals surface area contributed by atoms with E-state index in [0.717, 1.165) is 30.8 Å². The van der Waals surface area contributed by atoms with E-state index in [1.165, 1.54) is 12.1 Å². The Bertz CT molecular complexity index is 529. The number of nitrogens with zero attached hydrogens (tertiary/aromatic N) is 1. The van der Waals surface area contributed by atoms with Gasteiger partial charge in [0.2, 0.25) is 0 Å². The average Bonchev–Trinajstić information content (AvgIpc) is 2.83. The van der Waals surface area contributed by atoms with E-state index in [-0.39, 0.29) is 0 Å². The summed E-state index contributed by atoms with van der Waals surface area (Å²) in [6, 6.07) is 5.04. The molecule has 0 aliphatic rings. The van der Waals surface area contributed by atoms with Crippen molar-refractivity contribution in [1.29, 1.82) is 0 Å². The summed E-state index contributed by atoms with van der Waals surface area (Å²) in [4.78, 5) is 7.18. The van der Waals surface area contributed by atoms with Crippen molar-refractivity contribution in [2.75, 3.05) is 13.6 Å². The van der Waals surface area contributed by atoms with Gasteiger partial charge in [0.15, 0.2) is 0 Å². The second kappa shape index (κ2) is 5.44. The van der Waals surface area contributed by atoms with Gasteiger partial charge in [0.25, 0.3) is 0 Å². The highest BCUT2D eigenvalue weighted by molar-refractivity contribution is 5.62. The Morgan fingerprint density at radius 1 is 1.21 bits per heavy atom. The zero-order chi connectivity index (χ0) is 13.9. The van der Waals surface area contributed by atoms with Crippen LogP contribution < -0.4 is 5.32 Å². The minimum atomic E-state index is -4.31. The largest absolute Gasteiger partial charge is 0.416 e. The lowest BCUT2D eigenvalue weighted by Gasteiger charge is -2.07. The highest BCUT2D eigenvalue weighted by Gasteiger charge is 2.30. The Labute approximate surface area is 108 Å². The van der Waals surface area contributed by atoms with Gasteiger partial charge < -0.3 is 10.3 Å². The third-order valence-electron chi connectivity index (χ3n) is 2.83. The van der Waals surface area contributed by atoms with Crippen LogP contribution in [0.5, 0.6) is 0 Å². The molecule has 0 spiro atoms. The van der Waals surface area contributed by atoms with Crippen molar-refractivity contribution in [3.63, 3.8) is 0 Å². The third kappa shape index (κ3) is 3.14. The zero-order valence-corrected chi connectivity index (χ0v) is 10.4. The number of H-pyrrole nitrogens is 1. The van der Waals surface area contributed by atoms with Crippen LogP contribution in [0.25, 0.3) is 11.3 Å². The van der Waals surface area contributed by atoms with Gasteiger partial charge in [-0.2, -0.15) is 13.2 Å². The molecule has 0 radical (unpaired) electrons. The number of aromatic nitrogens is 2. The number of imidazole rings is 1. The number of hydrogen-bond donors (Lipinski definition) is 2. The van der Waals surface area contributed by atoms with Gasteiger partial charge in [-0.3, -0.25) is 0 Å². The number of rotatable bonds is 4. The van der Waals surface area contributed by atoms with Crippen molar-refractivity contribution in [3.8, 4) is 11.3 Å². The van der Waals surface area contributed by atoms with E-state index in [1.54, 1.807) is 6.33 Å². The summed E-state index contributed by atoms with van der Waals surface area (Å²) in [5.41, 5.74) is 1.64. The second-order valence-electron chi connectivity index (χ2n) is 4.16. The number of benzene rings is 1. The highest BCUT2D eigenvalue weighted by Crippen LogP contribution is 2.31. The normalized spacial score (nSPS) is 11.8. The molecule has 0 saturated heterocycles. The molecule has 1 heterocycles. The predicted octanol–water partition coefficient (Wildman–Crippen LogP) is 2.86. The summed E-state index contributed by atoms with van der Waals surface area (Å²) in [6.45, 7) is 0.774. The number of nitrogens with one attached hydrogen (secondary N) is 2. The van der Waals surface area contributed by atoms with Crippen LogP contribution in [0.2, 0.25) is 0 Å². The summed E-state index contributed by atoms with van der Waals surface area (Å²) in [6.07, 6.45) is -2.01. The summed E-state index contributed by atoms with van der Waals surface area (Å²) >= 11 is 0. The van der Waals surface area contributed by atoms with Crippen LogP contribution in [-0.2, 0) is 12.6 Å². The molecule has 0 saturated carbocycles. The fourth-order valence-electron chi connectivity index (χ4n) is 1.83. The molecule has 2 aromatic rings. The molecule has 1 aromatic heterocycles. The van der Waals surface area contributed by atoms with Crippen LogP contribution in [0.1, 0.15) is 11.3 Å². The number of hydrogen-bond acceptors (Lipinski definition) is 2. The molecule has 2 N–H and O–H groups in total. The van der Waals surface area contributed by atoms with Crippen molar-refractivity contribution >= 4 is 0 Å². The highest BCUT2D eigenvalue weighted by atomic mass is 19.4. The Kier molecular flexibility index (Phi) is 3.90. The van der Waals surface area contributed by atoms with Gasteiger partial charge >= 0.3 is 6.18 Å². The number of likely N-dealkylation sites (N-methyl/N-ethyl adjacent to an activating group) is 1. The van der Waals surface area contributed by atoms with Gasteiger partial charge in [-0.05, 0) is 19.2 Å². The van der Waals surface area contributed by atoms with Crippen molar-refractivity contribution in [2.24, 2.45) is 0 Å². The monoisotopic (exact) mass is 269 g/mol. The molecule has 0 amide bonds. The summed E-state index contributed by atoms with van der Waals surface area (Å²) in [7, 11) is 1.84. The van der Waals surface area contributed by atoms with E-state index in [4.69, 9.17) is 0 Å². The molecule has 2 rings (SSSR count). The maximum atomic E-state index is 12.5. The molecule has 3 nitrogen and oxygen atoms in total. The van der Waals surface area contributed by atoms with E-state index < -0.39 is 11.7 Å². The van der Waals surface area contributed by atoms with E-state index in [2.05, 4.69) is 15.3 Å². The van der Waals surface area contributed by atoms with E-state index in [9.17, 15) is 13.2 Å². The molecule has 19 heavy (non-hydrogen) atoms. The molecule has 0 atom stereocenters. The van der Waals surface area contributed by atoms with Gasteiger partial charge in [-0.1, -0.05) is 12.1 Å². The lowest BCUT2D eigenvalue weighted by Crippen LogP contribution is -2.11. The SMILES string of the molecule is CNCCc1[nH]cnc1-c1ccc(C(F)(F)F)cc1. The zero-order valence-electron chi connectivity index (χ0n) is 10.4. The first kappa shape index (κ1) is 13.6. The smallest absolute Gasteiger partial charge is 0.348 e. The van der Waals surface area contributed by atoms with Crippen LogP contribution in [0.15, 0.2) is 30.6 Å². The Hall–Kier alpha value is -1.82. The van der Waals surface area contributed by atoms with Crippen molar-refractivity contribution in [3.05, 3.63) is 41.9 Å². The maximum Gasteiger partial charge on any atom is 0.416 e. The number of halogens is 3. The molecular formula is C13H14F3N3. The van der Waals surface area contributed by atoms with Crippen molar-refractivity contribution < 1.29 is 13.2 Å². The molecular weight excluding hydrogens is 255 g/mol. The number of aromatic amines is 1. The number of alkyl halides is 3. The van der Waals surface area contributed by atoms with Crippen LogP contribution in [0, 0.1) is 0 Å². The first-order valence-electron chi connectivity index (χ1n) is 5.87. The average molecular weight is 269 g/mol. The molecule has 0 aliphatic heterocycles. The van der Waals surface area contributed by atoms with Crippen molar-refractivity contribution in [2.45, 2.75) is 12.6 Å². The van der Waals surface area contributed by atoms with Crippen LogP contribution in [0.4, 0.5) is 13.2 Å². The second-order valence-corrected chi connectivity index (χ2v) is 4.16. The summed E-state index contributed by atoms with van der Waals surface area (Å²) in [5, 5.41) is 3.02. The minimum Gasteiger partial charge on any atom is -0.348 e. The maximum absolute atomic E-state index is 12.5. The molecule has 1 aromatic carbocycles. The van der Waals surface area contributed by atoms with Gasteiger partial charge in [-0.25, -0.2) is 4.98 Å². The van der Waals surface area contributed by atoms with Crippen molar-refractivity contribution in [1.82, 2.24) is 15.3 Å². The molecule has 0 aliphatic carbocycles. The van der Waals surface area contributed by atoms with E-state index in [0.29, 0.717) is 11.3 Å². The first-order chi connectivity index (χ1) is 9.02. The molecule has 102 valence electrons. The molecule has 0 unspecified atom stereocenters. The first-order valence-corrected chi connectivity index (χ1v) is 5.87. The van der Waals surface area contributed by atoms with Gasteiger partial charge in [0, 0.05) is 24.2 Å². The van der Waals surface area contributed by atoms with Crippen LogP contribution >= 0.6 is 0 Å².